The van der Waals surface area contributed by atoms with Crippen LogP contribution in [0.3, 0.4) is 0 Å². The summed E-state index contributed by atoms with van der Waals surface area (Å²) in [4.78, 5) is 32.1. The Bertz CT molecular complexity index is 994. The van der Waals surface area contributed by atoms with Crippen molar-refractivity contribution in [1.82, 2.24) is 9.97 Å². The Balaban J connectivity index is 1.34. The molecule has 8 nitrogen and oxygen atoms in total. The fourth-order valence-electron chi connectivity index (χ4n) is 3.51. The first-order valence-electron chi connectivity index (χ1n) is 9.27. The Morgan fingerprint density at radius 3 is 2.64 bits per heavy atom. The average molecular weight is 379 g/mol. The summed E-state index contributed by atoms with van der Waals surface area (Å²) in [6.07, 6.45) is 5.22. The van der Waals surface area contributed by atoms with Crippen molar-refractivity contribution in [1.29, 1.82) is 0 Å². The number of fused-ring (bicyclic) bond motifs is 1. The van der Waals surface area contributed by atoms with E-state index in [-0.39, 0.29) is 17.7 Å². The first-order chi connectivity index (χ1) is 13.6. The van der Waals surface area contributed by atoms with Crippen LogP contribution in [-0.2, 0) is 4.79 Å². The summed E-state index contributed by atoms with van der Waals surface area (Å²) in [5.41, 5.74) is 6.73. The van der Waals surface area contributed by atoms with Crippen LogP contribution < -0.4 is 16.4 Å². The zero-order chi connectivity index (χ0) is 19.5. The number of nitrogens with one attached hydrogen (secondary N) is 2. The molecule has 28 heavy (non-hydrogen) atoms. The first-order valence-corrected chi connectivity index (χ1v) is 9.27. The molecule has 1 aliphatic rings. The van der Waals surface area contributed by atoms with Gasteiger partial charge in [-0.1, -0.05) is 6.07 Å². The van der Waals surface area contributed by atoms with Gasteiger partial charge in [0.05, 0.1) is 0 Å². The molecule has 144 valence electrons. The van der Waals surface area contributed by atoms with Gasteiger partial charge in [0.15, 0.2) is 5.58 Å². The molecular weight excluding hydrogens is 358 g/mol. The second-order valence-corrected chi connectivity index (χ2v) is 6.96. The fourth-order valence-corrected chi connectivity index (χ4v) is 3.51. The van der Waals surface area contributed by atoms with E-state index in [1.165, 1.54) is 0 Å². The van der Waals surface area contributed by atoms with Gasteiger partial charge in [-0.3, -0.25) is 9.59 Å². The second kappa shape index (κ2) is 7.67. The van der Waals surface area contributed by atoms with Crippen LogP contribution in [0.2, 0.25) is 0 Å². The van der Waals surface area contributed by atoms with Gasteiger partial charge in [-0.05, 0) is 56.0 Å². The third kappa shape index (κ3) is 3.95. The third-order valence-electron chi connectivity index (χ3n) is 4.98. The maximum Gasteiger partial charge on any atom is 0.304 e. The minimum Gasteiger partial charge on any atom is -0.432 e. The normalized spacial score (nSPS) is 19.3. The number of pyridine rings is 1. The zero-order valence-electron chi connectivity index (χ0n) is 15.2. The van der Waals surface area contributed by atoms with Crippen LogP contribution in [0, 0.1) is 5.92 Å². The highest BCUT2D eigenvalue weighted by atomic mass is 16.4. The van der Waals surface area contributed by atoms with Gasteiger partial charge in [0.25, 0.3) is 5.89 Å². The molecule has 0 atom stereocenters. The van der Waals surface area contributed by atoms with Gasteiger partial charge in [0.2, 0.25) is 5.91 Å². The number of oxazole rings is 1. The number of anilines is 2. The third-order valence-corrected chi connectivity index (χ3v) is 4.98. The number of nitrogens with zero attached hydrogens (tertiary/aromatic N) is 2. The van der Waals surface area contributed by atoms with E-state index in [9.17, 15) is 9.59 Å². The van der Waals surface area contributed by atoms with Crippen LogP contribution in [0.5, 0.6) is 0 Å². The number of rotatable bonds is 5. The van der Waals surface area contributed by atoms with E-state index in [0.717, 1.165) is 31.5 Å². The summed E-state index contributed by atoms with van der Waals surface area (Å²) in [5.74, 6) is -0.0352. The van der Waals surface area contributed by atoms with E-state index in [4.69, 9.17) is 10.2 Å². The number of benzene rings is 1. The van der Waals surface area contributed by atoms with E-state index >= 15 is 0 Å². The van der Waals surface area contributed by atoms with E-state index in [1.807, 2.05) is 18.2 Å². The van der Waals surface area contributed by atoms with Gasteiger partial charge in [-0.15, -0.1) is 0 Å². The Morgan fingerprint density at radius 1 is 1.11 bits per heavy atom. The molecule has 0 unspecified atom stereocenters. The van der Waals surface area contributed by atoms with Gasteiger partial charge in [0.1, 0.15) is 11.3 Å². The van der Waals surface area contributed by atoms with Crippen molar-refractivity contribution in [3.05, 3.63) is 48.5 Å². The lowest BCUT2D eigenvalue weighted by molar-refractivity contribution is -0.120. The summed E-state index contributed by atoms with van der Waals surface area (Å²) in [6.45, 7) is 0. The van der Waals surface area contributed by atoms with Crippen molar-refractivity contribution < 1.29 is 14.0 Å². The summed E-state index contributed by atoms with van der Waals surface area (Å²) >= 11 is 0. The topological polar surface area (TPSA) is 123 Å². The first kappa shape index (κ1) is 18.0. The van der Waals surface area contributed by atoms with Gasteiger partial charge in [-0.2, -0.15) is 0 Å². The summed E-state index contributed by atoms with van der Waals surface area (Å²) in [5, 5.41) is 6.36. The molecule has 0 radical (unpaired) electrons. The monoisotopic (exact) mass is 379 g/mol. The van der Waals surface area contributed by atoms with E-state index in [2.05, 4.69) is 20.6 Å². The van der Waals surface area contributed by atoms with Gasteiger partial charge in [0, 0.05) is 23.8 Å². The highest BCUT2D eigenvalue weighted by Crippen LogP contribution is 2.28. The highest BCUT2D eigenvalue weighted by molar-refractivity contribution is 5.95. The van der Waals surface area contributed by atoms with E-state index in [0.29, 0.717) is 22.8 Å². The summed E-state index contributed by atoms with van der Waals surface area (Å²) < 4.78 is 5.26. The lowest BCUT2D eigenvalue weighted by atomic mass is 9.85. The average Bonchev–Trinajstić information content (AvgIpc) is 3.13. The molecule has 1 fully saturated rings. The second-order valence-electron chi connectivity index (χ2n) is 6.96. The molecule has 0 spiro atoms. The molecule has 1 aromatic carbocycles. The maximum atomic E-state index is 12.6. The number of primary amides is 1. The lowest BCUT2D eigenvalue weighted by Crippen LogP contribution is -2.32. The number of nitrogens with two attached hydrogens (primary N) is 1. The Morgan fingerprint density at radius 2 is 1.93 bits per heavy atom. The van der Waals surface area contributed by atoms with Crippen molar-refractivity contribution in [2.45, 2.75) is 31.7 Å². The van der Waals surface area contributed by atoms with Crippen molar-refractivity contribution in [3.63, 3.8) is 0 Å². The van der Waals surface area contributed by atoms with E-state index in [1.54, 1.807) is 24.4 Å². The largest absolute Gasteiger partial charge is 0.432 e. The van der Waals surface area contributed by atoms with Crippen molar-refractivity contribution in [3.8, 4) is 0 Å². The smallest absolute Gasteiger partial charge is 0.304 e. The molecule has 0 aliphatic heterocycles. The van der Waals surface area contributed by atoms with Crippen LogP contribution in [0.1, 0.15) is 36.4 Å². The Labute approximate surface area is 161 Å². The predicted octanol–water partition coefficient (Wildman–Crippen LogP) is 2.93. The summed E-state index contributed by atoms with van der Waals surface area (Å²) in [6, 6.07) is 11.2. The molecule has 2 amide bonds. The number of hydrogen-bond acceptors (Lipinski definition) is 6. The molecular formula is C20H21N5O3. The SMILES string of the molecule is NC(=O)c1nc2cc(NC(=O)C3CCC(Nc4ccccn4)CC3)ccc2o1. The molecule has 0 saturated heterocycles. The quantitative estimate of drug-likeness (QED) is 0.626. The number of carbonyl (C=O) groups is 2. The van der Waals surface area contributed by atoms with Crippen molar-refractivity contribution in [2.24, 2.45) is 11.7 Å². The molecule has 2 heterocycles. The number of hydrogen-bond donors (Lipinski definition) is 3. The minimum atomic E-state index is -0.724. The Hall–Kier alpha value is -3.42. The molecule has 2 aromatic heterocycles. The van der Waals surface area contributed by atoms with Crippen LogP contribution in [0.4, 0.5) is 11.5 Å². The standard InChI is InChI=1S/C20H21N5O3/c21-18(26)20-25-15-11-14(8-9-16(15)28-20)24-19(27)12-4-6-13(7-5-12)23-17-3-1-2-10-22-17/h1-3,8-13H,4-7H2,(H2,21,26)(H,22,23)(H,24,27). The minimum absolute atomic E-state index is 0.00532. The van der Waals surface area contributed by atoms with Crippen LogP contribution >= 0.6 is 0 Å². The van der Waals surface area contributed by atoms with Gasteiger partial charge in [-0.25, -0.2) is 9.97 Å². The maximum absolute atomic E-state index is 12.6. The number of amides is 2. The molecule has 4 rings (SSSR count). The zero-order valence-corrected chi connectivity index (χ0v) is 15.2. The molecule has 0 bridgehead atoms. The van der Waals surface area contributed by atoms with Crippen LogP contribution in [0.15, 0.2) is 47.0 Å². The highest BCUT2D eigenvalue weighted by Gasteiger charge is 2.26. The Kier molecular flexibility index (Phi) is 4.92. The predicted molar refractivity (Wildman–Crippen MR) is 105 cm³/mol. The fraction of sp³-hybridized carbons (Fsp3) is 0.300. The lowest BCUT2D eigenvalue weighted by Gasteiger charge is -2.28. The molecule has 1 aliphatic carbocycles. The summed E-state index contributed by atoms with van der Waals surface area (Å²) in [7, 11) is 0. The van der Waals surface area contributed by atoms with Gasteiger partial charge >= 0.3 is 5.91 Å². The molecule has 4 N–H and O–H groups in total. The van der Waals surface area contributed by atoms with Crippen molar-refractivity contribution in [2.75, 3.05) is 10.6 Å². The number of carbonyl (C=O) groups excluding carboxylic acids is 2. The molecule has 3 aromatic rings. The van der Waals surface area contributed by atoms with E-state index < -0.39 is 5.91 Å². The van der Waals surface area contributed by atoms with Gasteiger partial charge < -0.3 is 20.8 Å². The van der Waals surface area contributed by atoms with Crippen LogP contribution in [-0.4, -0.2) is 27.8 Å². The number of aromatic nitrogens is 2. The molecule has 8 heteroatoms. The molecule has 1 saturated carbocycles. The van der Waals surface area contributed by atoms with Crippen LogP contribution in [0.25, 0.3) is 11.1 Å². The van der Waals surface area contributed by atoms with Crippen molar-refractivity contribution >= 4 is 34.4 Å².